The fourth-order valence-electron chi connectivity index (χ4n) is 2.66. The zero-order valence-electron chi connectivity index (χ0n) is 13.5. The van der Waals surface area contributed by atoms with Gasteiger partial charge in [0.15, 0.2) is 0 Å². The lowest BCUT2D eigenvalue weighted by molar-refractivity contribution is 0.0220. The maximum atomic E-state index is 12.2. The number of amides is 1. The number of fused-ring (bicyclic) bond motifs is 3. The minimum Gasteiger partial charge on any atom is -0.444 e. The Kier molecular flexibility index (Phi) is 3.47. The van der Waals surface area contributed by atoms with Crippen LogP contribution in [-0.2, 0) is 17.7 Å². The summed E-state index contributed by atoms with van der Waals surface area (Å²) in [6, 6.07) is 3.99. The maximum Gasteiger partial charge on any atom is 0.410 e. The third-order valence-electron chi connectivity index (χ3n) is 3.70. The number of hydrogen-bond acceptors (Lipinski definition) is 4. The van der Waals surface area contributed by atoms with Crippen molar-refractivity contribution in [2.45, 2.75) is 39.3 Å². The first-order valence-electron chi connectivity index (χ1n) is 7.53. The van der Waals surface area contributed by atoms with Gasteiger partial charge in [-0.25, -0.2) is 9.78 Å². The molecule has 3 heterocycles. The number of nitrogens with one attached hydrogen (secondary N) is 1. The molecule has 0 bridgehead atoms. The lowest BCUT2D eigenvalue weighted by Crippen LogP contribution is -2.40. The van der Waals surface area contributed by atoms with E-state index in [0.717, 1.165) is 23.4 Å². The predicted octanol–water partition coefficient (Wildman–Crippen LogP) is 2.67. The van der Waals surface area contributed by atoms with Crippen LogP contribution in [0.25, 0.3) is 5.65 Å². The Morgan fingerprint density at radius 3 is 2.82 bits per heavy atom. The van der Waals surface area contributed by atoms with E-state index in [2.05, 4.69) is 14.7 Å². The zero-order chi connectivity index (χ0) is 15.9. The highest BCUT2D eigenvalue weighted by atomic mass is 16.6. The van der Waals surface area contributed by atoms with Crippen molar-refractivity contribution in [1.82, 2.24) is 14.3 Å². The molecular formula is C16H22N4O2. The second kappa shape index (κ2) is 5.19. The molecule has 0 saturated heterocycles. The van der Waals surface area contributed by atoms with E-state index in [0.29, 0.717) is 13.1 Å². The van der Waals surface area contributed by atoms with Gasteiger partial charge in [-0.3, -0.25) is 0 Å². The van der Waals surface area contributed by atoms with Crippen LogP contribution in [0.4, 0.5) is 10.5 Å². The summed E-state index contributed by atoms with van der Waals surface area (Å²) in [4.78, 5) is 18.6. The highest BCUT2D eigenvalue weighted by molar-refractivity contribution is 5.68. The van der Waals surface area contributed by atoms with Gasteiger partial charge in [-0.1, -0.05) is 0 Å². The number of carbonyl (C=O) groups excluding carboxylic acids is 1. The van der Waals surface area contributed by atoms with Crippen molar-refractivity contribution in [3.05, 3.63) is 29.7 Å². The van der Waals surface area contributed by atoms with Crippen molar-refractivity contribution in [2.24, 2.45) is 0 Å². The molecule has 0 aromatic carbocycles. The van der Waals surface area contributed by atoms with Crippen LogP contribution in [0.2, 0.25) is 0 Å². The van der Waals surface area contributed by atoms with E-state index in [1.54, 1.807) is 4.90 Å². The molecule has 0 unspecified atom stereocenters. The monoisotopic (exact) mass is 302 g/mol. The van der Waals surface area contributed by atoms with Crippen LogP contribution in [0.3, 0.4) is 0 Å². The van der Waals surface area contributed by atoms with Gasteiger partial charge in [0.05, 0.1) is 17.9 Å². The van der Waals surface area contributed by atoms with Gasteiger partial charge >= 0.3 is 6.09 Å². The summed E-state index contributed by atoms with van der Waals surface area (Å²) >= 11 is 0. The molecule has 0 saturated carbocycles. The summed E-state index contributed by atoms with van der Waals surface area (Å²) < 4.78 is 7.55. The van der Waals surface area contributed by atoms with Crippen LogP contribution < -0.4 is 5.32 Å². The Morgan fingerprint density at radius 2 is 2.14 bits per heavy atom. The number of ether oxygens (including phenoxy) is 1. The van der Waals surface area contributed by atoms with Gasteiger partial charge in [0.25, 0.3) is 0 Å². The minimum absolute atomic E-state index is 0.272. The number of hydrogen-bond donors (Lipinski definition) is 1. The van der Waals surface area contributed by atoms with Crippen LogP contribution >= 0.6 is 0 Å². The topological polar surface area (TPSA) is 58.9 Å². The summed E-state index contributed by atoms with van der Waals surface area (Å²) in [6.45, 7) is 6.79. The molecule has 3 rings (SSSR count). The lowest BCUT2D eigenvalue weighted by atomic mass is 10.1. The number of carbonyl (C=O) groups is 1. The van der Waals surface area contributed by atoms with Crippen molar-refractivity contribution in [1.29, 1.82) is 0 Å². The molecular weight excluding hydrogens is 280 g/mol. The van der Waals surface area contributed by atoms with Crippen LogP contribution in [0.1, 0.15) is 32.2 Å². The molecule has 1 aliphatic heterocycles. The minimum atomic E-state index is -0.474. The van der Waals surface area contributed by atoms with Gasteiger partial charge in [-0.15, -0.1) is 0 Å². The number of pyridine rings is 1. The second-order valence-electron chi connectivity index (χ2n) is 6.55. The lowest BCUT2D eigenvalue weighted by Gasteiger charge is -2.29. The fraction of sp³-hybridized carbons (Fsp3) is 0.500. The van der Waals surface area contributed by atoms with Crippen LogP contribution in [-0.4, -0.2) is 39.6 Å². The molecule has 0 radical (unpaired) electrons. The third-order valence-corrected chi connectivity index (χ3v) is 3.70. The maximum absolute atomic E-state index is 12.2. The summed E-state index contributed by atoms with van der Waals surface area (Å²) in [6.07, 6.45) is 2.55. The largest absolute Gasteiger partial charge is 0.444 e. The number of aromatic nitrogens is 2. The standard InChI is InChI=1S/C16H22N4O2/c1-16(2,3)22-15(21)19-8-7-13-12(10-19)18-14-6-5-11(17-4)9-20(13)14/h5-6,9,17H,7-8,10H2,1-4H3. The molecule has 0 fully saturated rings. The SMILES string of the molecule is CNc1ccc2nc3c(n2c1)CCN(C(=O)OC(C)(C)C)C3. The fourth-order valence-corrected chi connectivity index (χ4v) is 2.66. The van der Waals surface area contributed by atoms with Crippen LogP contribution in [0, 0.1) is 0 Å². The molecule has 0 atom stereocenters. The predicted molar refractivity (Wildman–Crippen MR) is 85.1 cm³/mol. The Bertz CT molecular complexity index is 715. The zero-order valence-corrected chi connectivity index (χ0v) is 13.5. The van der Waals surface area contributed by atoms with E-state index in [1.807, 2.05) is 46.1 Å². The summed E-state index contributed by atoms with van der Waals surface area (Å²) in [5.41, 5.74) is 3.60. The van der Waals surface area contributed by atoms with E-state index in [9.17, 15) is 4.79 Å². The quantitative estimate of drug-likeness (QED) is 0.880. The molecule has 118 valence electrons. The van der Waals surface area contributed by atoms with Crippen molar-refractivity contribution < 1.29 is 9.53 Å². The van der Waals surface area contributed by atoms with E-state index in [-0.39, 0.29) is 6.09 Å². The molecule has 6 nitrogen and oxygen atoms in total. The molecule has 0 spiro atoms. The second-order valence-corrected chi connectivity index (χ2v) is 6.55. The molecule has 6 heteroatoms. The third kappa shape index (κ3) is 2.73. The van der Waals surface area contributed by atoms with Gasteiger partial charge in [-0.2, -0.15) is 0 Å². The molecule has 1 amide bonds. The van der Waals surface area contributed by atoms with Crippen molar-refractivity contribution >= 4 is 17.4 Å². The van der Waals surface area contributed by atoms with E-state index < -0.39 is 5.60 Å². The summed E-state index contributed by atoms with van der Waals surface area (Å²) in [7, 11) is 1.90. The van der Waals surface area contributed by atoms with E-state index in [1.165, 1.54) is 5.69 Å². The van der Waals surface area contributed by atoms with Crippen LogP contribution in [0.15, 0.2) is 18.3 Å². The molecule has 1 aliphatic rings. The normalized spacial score (nSPS) is 14.8. The Labute approximate surface area is 130 Å². The molecule has 1 N–H and O–H groups in total. The first-order valence-corrected chi connectivity index (χ1v) is 7.53. The van der Waals surface area contributed by atoms with Crippen LogP contribution in [0.5, 0.6) is 0 Å². The molecule has 0 aliphatic carbocycles. The number of imidazole rings is 1. The van der Waals surface area contributed by atoms with Gasteiger partial charge in [0.2, 0.25) is 0 Å². The summed E-state index contributed by atoms with van der Waals surface area (Å²) in [5.74, 6) is 0. The first-order chi connectivity index (χ1) is 10.4. The summed E-state index contributed by atoms with van der Waals surface area (Å²) in [5, 5.41) is 3.14. The van der Waals surface area contributed by atoms with E-state index in [4.69, 9.17) is 4.74 Å². The van der Waals surface area contributed by atoms with Gasteiger partial charge in [-0.05, 0) is 32.9 Å². The van der Waals surface area contributed by atoms with Crippen molar-refractivity contribution in [2.75, 3.05) is 18.9 Å². The van der Waals surface area contributed by atoms with Gasteiger partial charge < -0.3 is 19.4 Å². The number of anilines is 1. The molecule has 2 aromatic heterocycles. The molecule has 2 aromatic rings. The Balaban J connectivity index is 1.86. The number of rotatable bonds is 1. The van der Waals surface area contributed by atoms with Gasteiger partial charge in [0.1, 0.15) is 11.2 Å². The van der Waals surface area contributed by atoms with E-state index >= 15 is 0 Å². The molecule has 22 heavy (non-hydrogen) atoms. The first kappa shape index (κ1) is 14.7. The smallest absolute Gasteiger partial charge is 0.410 e. The Morgan fingerprint density at radius 1 is 1.36 bits per heavy atom. The Hall–Kier alpha value is -2.24. The number of nitrogens with zero attached hydrogens (tertiary/aromatic N) is 3. The highest BCUT2D eigenvalue weighted by Crippen LogP contribution is 2.23. The van der Waals surface area contributed by atoms with Gasteiger partial charge in [0, 0.05) is 31.9 Å². The average Bonchev–Trinajstić information content (AvgIpc) is 2.82. The average molecular weight is 302 g/mol. The highest BCUT2D eigenvalue weighted by Gasteiger charge is 2.28. The van der Waals surface area contributed by atoms with Crippen molar-refractivity contribution in [3.8, 4) is 0 Å². The van der Waals surface area contributed by atoms with Crippen molar-refractivity contribution in [3.63, 3.8) is 0 Å².